The average molecular weight is 613 g/mol. The highest BCUT2D eigenvalue weighted by molar-refractivity contribution is 6.28. The molecule has 0 saturated heterocycles. The van der Waals surface area contributed by atoms with Gasteiger partial charge in [-0.2, -0.15) is 0 Å². The summed E-state index contributed by atoms with van der Waals surface area (Å²) < 4.78 is 4.78. The van der Waals surface area contributed by atoms with Gasteiger partial charge in [0.1, 0.15) is 0 Å². The van der Waals surface area contributed by atoms with Gasteiger partial charge in [-0.05, 0) is 54.6 Å². The number of hydrogen-bond acceptors (Lipinski definition) is 2. The number of nitrogens with zero attached hydrogens (tertiary/aromatic N) is 4. The van der Waals surface area contributed by atoms with E-state index in [1.165, 1.54) is 38.1 Å². The van der Waals surface area contributed by atoms with Crippen LogP contribution < -0.4 is 0 Å². The molecule has 0 aliphatic rings. The second-order valence-electron chi connectivity index (χ2n) is 12.2. The average Bonchev–Trinajstić information content (AvgIpc) is 3.68. The number of para-hydroxylation sites is 4. The Labute approximate surface area is 276 Å². The summed E-state index contributed by atoms with van der Waals surface area (Å²) in [6, 6.07) is 60.0. The van der Waals surface area contributed by atoms with Crippen molar-refractivity contribution in [2.45, 2.75) is 0 Å². The fourth-order valence-corrected chi connectivity index (χ4v) is 7.46. The van der Waals surface area contributed by atoms with Crippen LogP contribution in [-0.2, 0) is 0 Å². The van der Waals surface area contributed by atoms with Gasteiger partial charge in [0, 0.05) is 49.4 Å². The third-order valence-electron chi connectivity index (χ3n) is 9.50. The van der Waals surface area contributed by atoms with Crippen LogP contribution >= 0.6 is 0 Å². The lowest BCUT2D eigenvalue weighted by atomic mass is 10.1. The highest BCUT2D eigenvalue weighted by atomic mass is 15.0. The molecule has 3 aromatic heterocycles. The molecule has 0 bridgehead atoms. The molecule has 7 aromatic carbocycles. The smallest absolute Gasteiger partial charge is 0.160 e. The Kier molecular flexibility index (Phi) is 5.84. The van der Waals surface area contributed by atoms with Gasteiger partial charge in [0.05, 0.1) is 33.3 Å². The zero-order valence-electron chi connectivity index (χ0n) is 26.0. The third kappa shape index (κ3) is 3.96. The Morgan fingerprint density at radius 2 is 0.875 bits per heavy atom. The quantitative estimate of drug-likeness (QED) is 0.198. The first-order chi connectivity index (χ1) is 23.8. The molecule has 0 unspecified atom stereocenters. The lowest BCUT2D eigenvalue weighted by Crippen LogP contribution is -1.98. The molecule has 4 nitrogen and oxygen atoms in total. The standard InChI is InChI=1S/C44H28N4/c1-3-14-29(15-4-1)43-33-20-7-10-23-36(33)45-44(46-43)30-16-13-19-32(28-30)48-38-25-12-9-22-35(38)42-40(48)27-26-39-41(42)34-21-8-11-24-37(34)47(39)31-17-5-2-6-18-31/h1-28H. The molecule has 0 aliphatic carbocycles. The van der Waals surface area contributed by atoms with Crippen molar-refractivity contribution >= 4 is 54.5 Å². The van der Waals surface area contributed by atoms with Gasteiger partial charge in [-0.1, -0.05) is 115 Å². The molecule has 48 heavy (non-hydrogen) atoms. The second-order valence-corrected chi connectivity index (χ2v) is 12.2. The van der Waals surface area contributed by atoms with Crippen molar-refractivity contribution in [1.29, 1.82) is 0 Å². The van der Waals surface area contributed by atoms with Crippen LogP contribution in [-0.4, -0.2) is 19.1 Å². The van der Waals surface area contributed by atoms with Crippen molar-refractivity contribution < 1.29 is 0 Å². The van der Waals surface area contributed by atoms with E-state index < -0.39 is 0 Å². The zero-order chi connectivity index (χ0) is 31.6. The molecule has 0 N–H and O–H groups in total. The lowest BCUT2D eigenvalue weighted by molar-refractivity contribution is 1.17. The van der Waals surface area contributed by atoms with Crippen LogP contribution in [0.15, 0.2) is 170 Å². The van der Waals surface area contributed by atoms with Crippen LogP contribution in [0.25, 0.3) is 88.5 Å². The van der Waals surface area contributed by atoms with Crippen molar-refractivity contribution in [3.63, 3.8) is 0 Å². The summed E-state index contributed by atoms with van der Waals surface area (Å²) in [5.74, 6) is 0.712. The molecule has 0 fully saturated rings. The topological polar surface area (TPSA) is 35.6 Å². The highest BCUT2D eigenvalue weighted by Gasteiger charge is 2.21. The molecule has 0 spiro atoms. The first kappa shape index (κ1) is 26.7. The van der Waals surface area contributed by atoms with E-state index in [9.17, 15) is 0 Å². The van der Waals surface area contributed by atoms with Crippen LogP contribution in [0.4, 0.5) is 0 Å². The van der Waals surface area contributed by atoms with Crippen molar-refractivity contribution in [2.24, 2.45) is 0 Å². The molecule has 10 rings (SSSR count). The minimum absolute atomic E-state index is 0.712. The predicted molar refractivity (Wildman–Crippen MR) is 199 cm³/mol. The predicted octanol–water partition coefficient (Wildman–Crippen LogP) is 11.2. The van der Waals surface area contributed by atoms with E-state index in [0.29, 0.717) is 5.82 Å². The van der Waals surface area contributed by atoms with E-state index >= 15 is 0 Å². The van der Waals surface area contributed by atoms with Crippen LogP contribution in [0.1, 0.15) is 0 Å². The van der Waals surface area contributed by atoms with Gasteiger partial charge in [0.2, 0.25) is 0 Å². The summed E-state index contributed by atoms with van der Waals surface area (Å²) >= 11 is 0. The first-order valence-electron chi connectivity index (χ1n) is 16.3. The van der Waals surface area contributed by atoms with E-state index in [-0.39, 0.29) is 0 Å². The molecule has 10 aromatic rings. The largest absolute Gasteiger partial charge is 0.309 e. The van der Waals surface area contributed by atoms with E-state index in [0.717, 1.165) is 44.6 Å². The first-order valence-corrected chi connectivity index (χ1v) is 16.3. The van der Waals surface area contributed by atoms with E-state index in [1.54, 1.807) is 0 Å². The Bertz CT molecular complexity index is 2830. The normalized spacial score (nSPS) is 11.8. The van der Waals surface area contributed by atoms with E-state index in [4.69, 9.17) is 9.97 Å². The number of hydrogen-bond donors (Lipinski definition) is 0. The van der Waals surface area contributed by atoms with Gasteiger partial charge in [-0.15, -0.1) is 0 Å². The van der Waals surface area contributed by atoms with Gasteiger partial charge < -0.3 is 9.13 Å². The number of rotatable bonds is 4. The van der Waals surface area contributed by atoms with Gasteiger partial charge >= 0.3 is 0 Å². The van der Waals surface area contributed by atoms with E-state index in [2.05, 4.69) is 167 Å². The monoisotopic (exact) mass is 612 g/mol. The minimum atomic E-state index is 0.712. The van der Waals surface area contributed by atoms with Crippen molar-refractivity contribution in [2.75, 3.05) is 0 Å². The van der Waals surface area contributed by atoms with Gasteiger partial charge in [-0.25, -0.2) is 9.97 Å². The van der Waals surface area contributed by atoms with Gasteiger partial charge in [-0.3, -0.25) is 0 Å². The molecule has 0 radical (unpaired) electrons. The molecular formula is C44H28N4. The van der Waals surface area contributed by atoms with Crippen LogP contribution in [0.3, 0.4) is 0 Å². The maximum atomic E-state index is 5.17. The summed E-state index contributed by atoms with van der Waals surface area (Å²) in [6.45, 7) is 0. The number of fused-ring (bicyclic) bond motifs is 8. The van der Waals surface area contributed by atoms with Crippen LogP contribution in [0.2, 0.25) is 0 Å². The SMILES string of the molecule is c1ccc(-c2nc(-c3cccc(-n4c5ccccc5c5c6c7ccccc7n(-c7ccccc7)c6ccc54)c3)nc3ccccc23)cc1. The van der Waals surface area contributed by atoms with Crippen molar-refractivity contribution in [3.8, 4) is 34.0 Å². The Balaban J connectivity index is 1.24. The Morgan fingerprint density at radius 1 is 0.354 bits per heavy atom. The summed E-state index contributed by atoms with van der Waals surface area (Å²) in [6.07, 6.45) is 0. The van der Waals surface area contributed by atoms with E-state index in [1.807, 2.05) is 12.1 Å². The molecule has 0 amide bonds. The zero-order valence-corrected chi connectivity index (χ0v) is 26.0. The fourth-order valence-electron chi connectivity index (χ4n) is 7.46. The Morgan fingerprint density at radius 3 is 1.56 bits per heavy atom. The fraction of sp³-hybridized carbons (Fsp3) is 0. The molecule has 4 heteroatoms. The van der Waals surface area contributed by atoms with Crippen LogP contribution in [0, 0.1) is 0 Å². The summed E-state index contributed by atoms with van der Waals surface area (Å²) in [7, 11) is 0. The summed E-state index contributed by atoms with van der Waals surface area (Å²) in [4.78, 5) is 10.2. The molecule has 0 aliphatic heterocycles. The van der Waals surface area contributed by atoms with Gasteiger partial charge in [0.15, 0.2) is 5.82 Å². The number of aromatic nitrogens is 4. The molecule has 224 valence electrons. The highest BCUT2D eigenvalue weighted by Crippen LogP contribution is 2.42. The molecular weight excluding hydrogens is 585 g/mol. The molecule has 3 heterocycles. The lowest BCUT2D eigenvalue weighted by Gasteiger charge is -2.12. The maximum absolute atomic E-state index is 5.17. The third-order valence-corrected chi connectivity index (χ3v) is 9.50. The second kappa shape index (κ2) is 10.5. The van der Waals surface area contributed by atoms with Crippen LogP contribution in [0.5, 0.6) is 0 Å². The minimum Gasteiger partial charge on any atom is -0.309 e. The summed E-state index contributed by atoms with van der Waals surface area (Å²) in [5.41, 5.74) is 10.9. The van der Waals surface area contributed by atoms with Crippen molar-refractivity contribution in [3.05, 3.63) is 170 Å². The van der Waals surface area contributed by atoms with Crippen molar-refractivity contribution in [1.82, 2.24) is 19.1 Å². The Hall–Kier alpha value is -6.52. The number of benzene rings is 7. The maximum Gasteiger partial charge on any atom is 0.160 e. The summed E-state index contributed by atoms with van der Waals surface area (Å²) in [5, 5.41) is 6.05. The molecule has 0 saturated carbocycles. The van der Waals surface area contributed by atoms with Gasteiger partial charge in [0.25, 0.3) is 0 Å². The molecule has 0 atom stereocenters.